The third-order valence-corrected chi connectivity index (χ3v) is 4.57. The van der Waals surface area contributed by atoms with E-state index in [1.807, 2.05) is 24.3 Å². The van der Waals surface area contributed by atoms with E-state index in [0.29, 0.717) is 19.6 Å². The number of carbonyl (C=O) groups is 1. The quantitative estimate of drug-likeness (QED) is 0.741. The van der Waals surface area contributed by atoms with Crippen molar-refractivity contribution in [1.29, 1.82) is 0 Å². The van der Waals surface area contributed by atoms with Gasteiger partial charge < -0.3 is 19.7 Å². The second-order valence-electron chi connectivity index (χ2n) is 6.34. The van der Waals surface area contributed by atoms with Gasteiger partial charge in [0.1, 0.15) is 18.1 Å². The average molecular weight is 354 g/mol. The summed E-state index contributed by atoms with van der Waals surface area (Å²) in [6.45, 7) is 2.72. The second kappa shape index (κ2) is 9.13. The van der Waals surface area contributed by atoms with E-state index in [1.165, 1.54) is 11.3 Å². The lowest BCUT2D eigenvalue weighted by Crippen LogP contribution is -2.35. The fourth-order valence-corrected chi connectivity index (χ4v) is 3.20. The molecule has 0 aromatic heterocycles. The largest absolute Gasteiger partial charge is 0.497 e. The van der Waals surface area contributed by atoms with E-state index in [1.54, 1.807) is 7.11 Å². The molecular weight excluding hydrogens is 328 g/mol. The Morgan fingerprint density at radius 2 is 1.88 bits per heavy atom. The molecule has 0 radical (unpaired) electrons. The van der Waals surface area contributed by atoms with E-state index < -0.39 is 0 Å². The van der Waals surface area contributed by atoms with Gasteiger partial charge in [-0.25, -0.2) is 0 Å². The molecule has 0 aliphatic carbocycles. The molecule has 138 valence electrons. The molecule has 0 spiro atoms. The van der Waals surface area contributed by atoms with Crippen LogP contribution in [0.25, 0.3) is 0 Å². The van der Waals surface area contributed by atoms with Crippen LogP contribution in [0.1, 0.15) is 18.4 Å². The summed E-state index contributed by atoms with van der Waals surface area (Å²) in [5.74, 6) is 1.63. The minimum Gasteiger partial charge on any atom is -0.497 e. The third-order valence-electron chi connectivity index (χ3n) is 4.57. The molecule has 0 bridgehead atoms. The van der Waals surface area contributed by atoms with E-state index in [0.717, 1.165) is 37.4 Å². The molecule has 0 fully saturated rings. The number of anilines is 1. The molecule has 1 heterocycles. The van der Waals surface area contributed by atoms with Crippen LogP contribution >= 0.6 is 0 Å². The number of ether oxygens (including phenoxy) is 2. The van der Waals surface area contributed by atoms with Crippen LogP contribution in [0.2, 0.25) is 0 Å². The summed E-state index contributed by atoms with van der Waals surface area (Å²) in [5.41, 5.74) is 2.65. The van der Waals surface area contributed by atoms with Crippen molar-refractivity contribution < 1.29 is 14.3 Å². The topological polar surface area (TPSA) is 50.8 Å². The van der Waals surface area contributed by atoms with Crippen molar-refractivity contribution in [3.8, 4) is 11.5 Å². The second-order valence-corrected chi connectivity index (χ2v) is 6.34. The maximum Gasteiger partial charge on any atom is 0.221 e. The van der Waals surface area contributed by atoms with Crippen LogP contribution in [0.15, 0.2) is 48.5 Å². The van der Waals surface area contributed by atoms with E-state index in [-0.39, 0.29) is 5.91 Å². The SMILES string of the molecule is COc1ccc(OCCNC(=O)CCN2CCCc3ccccc32)cc1. The number of amides is 1. The zero-order chi connectivity index (χ0) is 18.2. The predicted octanol–water partition coefficient (Wildman–Crippen LogP) is 3.03. The molecule has 1 aliphatic rings. The summed E-state index contributed by atoms with van der Waals surface area (Å²) in [4.78, 5) is 14.4. The van der Waals surface area contributed by atoms with Crippen molar-refractivity contribution in [2.45, 2.75) is 19.3 Å². The first-order chi connectivity index (χ1) is 12.8. The molecule has 0 unspecified atom stereocenters. The van der Waals surface area contributed by atoms with Crippen molar-refractivity contribution in [2.75, 3.05) is 38.3 Å². The molecule has 0 atom stereocenters. The third kappa shape index (κ3) is 4.91. The van der Waals surface area contributed by atoms with Gasteiger partial charge in [0.25, 0.3) is 0 Å². The van der Waals surface area contributed by atoms with Gasteiger partial charge in [0.15, 0.2) is 0 Å². The predicted molar refractivity (Wildman–Crippen MR) is 103 cm³/mol. The fourth-order valence-electron chi connectivity index (χ4n) is 3.20. The smallest absolute Gasteiger partial charge is 0.221 e. The number of hydrogen-bond donors (Lipinski definition) is 1. The van der Waals surface area contributed by atoms with Crippen molar-refractivity contribution >= 4 is 11.6 Å². The van der Waals surface area contributed by atoms with E-state index in [2.05, 4.69) is 34.5 Å². The molecule has 5 heteroatoms. The number of para-hydroxylation sites is 1. The van der Waals surface area contributed by atoms with Crippen LogP contribution in [0.3, 0.4) is 0 Å². The summed E-state index contributed by atoms with van der Waals surface area (Å²) in [6, 6.07) is 15.9. The lowest BCUT2D eigenvalue weighted by atomic mass is 10.0. The van der Waals surface area contributed by atoms with Gasteiger partial charge in [-0.1, -0.05) is 18.2 Å². The van der Waals surface area contributed by atoms with Crippen LogP contribution in [-0.2, 0) is 11.2 Å². The zero-order valence-corrected chi connectivity index (χ0v) is 15.2. The minimum atomic E-state index is 0.0615. The number of carbonyl (C=O) groups excluding carboxylic acids is 1. The van der Waals surface area contributed by atoms with Gasteiger partial charge in [-0.05, 0) is 48.7 Å². The number of nitrogens with one attached hydrogen (secondary N) is 1. The molecule has 1 N–H and O–H groups in total. The average Bonchev–Trinajstić information content (AvgIpc) is 2.70. The van der Waals surface area contributed by atoms with E-state index in [4.69, 9.17) is 9.47 Å². The Bertz CT molecular complexity index is 715. The zero-order valence-electron chi connectivity index (χ0n) is 15.2. The Morgan fingerprint density at radius 1 is 1.12 bits per heavy atom. The molecule has 26 heavy (non-hydrogen) atoms. The fraction of sp³-hybridized carbons (Fsp3) is 0.381. The van der Waals surface area contributed by atoms with Gasteiger partial charge in [-0.15, -0.1) is 0 Å². The van der Waals surface area contributed by atoms with Crippen molar-refractivity contribution in [2.24, 2.45) is 0 Å². The van der Waals surface area contributed by atoms with Crippen molar-refractivity contribution in [3.05, 3.63) is 54.1 Å². The molecule has 3 rings (SSSR count). The molecular formula is C21H26N2O3. The summed E-state index contributed by atoms with van der Waals surface area (Å²) in [7, 11) is 1.63. The monoisotopic (exact) mass is 354 g/mol. The maximum atomic E-state index is 12.1. The number of hydrogen-bond acceptors (Lipinski definition) is 4. The van der Waals surface area contributed by atoms with Gasteiger partial charge in [0, 0.05) is 25.2 Å². The molecule has 0 saturated heterocycles. The molecule has 1 aliphatic heterocycles. The summed E-state index contributed by atoms with van der Waals surface area (Å²) < 4.78 is 10.7. The minimum absolute atomic E-state index is 0.0615. The molecule has 5 nitrogen and oxygen atoms in total. The van der Waals surface area contributed by atoms with Gasteiger partial charge in [0.05, 0.1) is 13.7 Å². The van der Waals surface area contributed by atoms with E-state index in [9.17, 15) is 4.79 Å². The summed E-state index contributed by atoms with van der Waals surface area (Å²) >= 11 is 0. The van der Waals surface area contributed by atoms with Gasteiger partial charge in [-0.2, -0.15) is 0 Å². The Morgan fingerprint density at radius 3 is 2.69 bits per heavy atom. The Balaban J connectivity index is 1.36. The first-order valence-electron chi connectivity index (χ1n) is 9.12. The molecule has 0 saturated carbocycles. The number of methoxy groups -OCH3 is 1. The number of fused-ring (bicyclic) bond motifs is 1. The summed E-state index contributed by atoms with van der Waals surface area (Å²) in [6.07, 6.45) is 2.77. The summed E-state index contributed by atoms with van der Waals surface area (Å²) in [5, 5.41) is 2.92. The van der Waals surface area contributed by atoms with Crippen LogP contribution < -0.4 is 19.7 Å². The Labute approximate surface area is 154 Å². The van der Waals surface area contributed by atoms with Crippen LogP contribution in [0, 0.1) is 0 Å². The van der Waals surface area contributed by atoms with Gasteiger partial charge in [0.2, 0.25) is 5.91 Å². The Hall–Kier alpha value is -2.69. The maximum absolute atomic E-state index is 12.1. The van der Waals surface area contributed by atoms with Crippen LogP contribution in [-0.4, -0.2) is 39.3 Å². The van der Waals surface area contributed by atoms with Crippen LogP contribution in [0.4, 0.5) is 5.69 Å². The first kappa shape index (κ1) is 18.1. The number of nitrogens with zero attached hydrogens (tertiary/aromatic N) is 1. The number of benzene rings is 2. The Kier molecular flexibility index (Phi) is 6.36. The number of rotatable bonds is 8. The first-order valence-corrected chi connectivity index (χ1v) is 9.12. The van der Waals surface area contributed by atoms with E-state index >= 15 is 0 Å². The molecule has 2 aromatic rings. The molecule has 2 aromatic carbocycles. The highest BCUT2D eigenvalue weighted by Crippen LogP contribution is 2.26. The number of aryl methyl sites for hydroxylation is 1. The standard InChI is InChI=1S/C21H26N2O3/c1-25-18-8-10-19(11-9-18)26-16-13-22-21(24)12-15-23-14-4-6-17-5-2-3-7-20(17)23/h2-3,5,7-11H,4,6,12-16H2,1H3,(H,22,24). The van der Waals surface area contributed by atoms with Crippen LogP contribution in [0.5, 0.6) is 11.5 Å². The highest BCUT2D eigenvalue weighted by atomic mass is 16.5. The lowest BCUT2D eigenvalue weighted by Gasteiger charge is -2.31. The van der Waals surface area contributed by atoms with Crippen molar-refractivity contribution in [3.63, 3.8) is 0 Å². The highest BCUT2D eigenvalue weighted by molar-refractivity contribution is 5.76. The normalized spacial score (nSPS) is 13.0. The lowest BCUT2D eigenvalue weighted by molar-refractivity contribution is -0.121. The van der Waals surface area contributed by atoms with Crippen molar-refractivity contribution in [1.82, 2.24) is 5.32 Å². The van der Waals surface area contributed by atoms with Gasteiger partial charge >= 0.3 is 0 Å². The van der Waals surface area contributed by atoms with Gasteiger partial charge in [-0.3, -0.25) is 4.79 Å². The highest BCUT2D eigenvalue weighted by Gasteiger charge is 2.16. The molecule has 1 amide bonds.